The number of piperazine rings is 1. The highest BCUT2D eigenvalue weighted by atomic mass is 16.7. The molecule has 1 aromatic rings. The zero-order valence-electron chi connectivity index (χ0n) is 11.9. The van der Waals surface area contributed by atoms with E-state index in [2.05, 4.69) is 26.1 Å². The van der Waals surface area contributed by atoms with Crippen molar-refractivity contribution < 1.29 is 9.63 Å². The molecule has 0 bridgehead atoms. The Labute approximate surface area is 114 Å². The zero-order chi connectivity index (χ0) is 13.9. The van der Waals surface area contributed by atoms with Crippen molar-refractivity contribution in [2.75, 3.05) is 26.2 Å². The molecule has 0 spiro atoms. The van der Waals surface area contributed by atoms with Crippen LogP contribution in [0.4, 0.5) is 0 Å². The van der Waals surface area contributed by atoms with Crippen LogP contribution in [0.3, 0.4) is 0 Å². The summed E-state index contributed by atoms with van der Waals surface area (Å²) in [6.45, 7) is 9.49. The fraction of sp³-hybridized carbons (Fsp3) is 0.533. The maximum Gasteiger partial charge on any atom is 0.357 e. The molecule has 0 aromatic heterocycles. The highest BCUT2D eigenvalue weighted by Gasteiger charge is 2.24. The number of nitrogens with zero attached hydrogens (tertiary/aromatic N) is 1. The lowest BCUT2D eigenvalue weighted by atomic mass is 9.84. The van der Waals surface area contributed by atoms with E-state index >= 15 is 0 Å². The second-order valence-electron chi connectivity index (χ2n) is 5.85. The molecule has 0 unspecified atom stereocenters. The lowest BCUT2D eigenvalue weighted by Gasteiger charge is -2.27. The van der Waals surface area contributed by atoms with Crippen molar-refractivity contribution in [3.05, 3.63) is 35.4 Å². The maximum absolute atomic E-state index is 12.3. The second-order valence-corrected chi connectivity index (χ2v) is 5.85. The van der Waals surface area contributed by atoms with E-state index < -0.39 is 0 Å². The molecule has 1 saturated heterocycles. The molecule has 1 N–H and O–H groups in total. The summed E-state index contributed by atoms with van der Waals surface area (Å²) in [4.78, 5) is 17.8. The average molecular weight is 262 g/mol. The summed E-state index contributed by atoms with van der Waals surface area (Å²) < 4.78 is 0. The Morgan fingerprint density at radius 1 is 1.21 bits per heavy atom. The smallest absolute Gasteiger partial charge is 0.357 e. The molecule has 1 fully saturated rings. The van der Waals surface area contributed by atoms with Gasteiger partial charge in [0.15, 0.2) is 0 Å². The van der Waals surface area contributed by atoms with Gasteiger partial charge in [0.1, 0.15) is 0 Å². The van der Waals surface area contributed by atoms with Crippen LogP contribution in [0.1, 0.15) is 36.7 Å². The highest BCUT2D eigenvalue weighted by molar-refractivity contribution is 5.91. The van der Waals surface area contributed by atoms with E-state index in [4.69, 9.17) is 4.84 Å². The Balaban J connectivity index is 2.14. The van der Waals surface area contributed by atoms with Gasteiger partial charge in [-0.1, -0.05) is 39.0 Å². The van der Waals surface area contributed by atoms with Gasteiger partial charge in [0.25, 0.3) is 0 Å². The van der Waals surface area contributed by atoms with Crippen LogP contribution in [-0.2, 0) is 10.3 Å². The molecule has 0 atom stereocenters. The third kappa shape index (κ3) is 3.55. The number of hydrogen-bond donors (Lipinski definition) is 1. The molecular formula is C15H22N2O2. The molecule has 19 heavy (non-hydrogen) atoms. The number of hydroxylamine groups is 2. The van der Waals surface area contributed by atoms with Crippen molar-refractivity contribution in [2.24, 2.45) is 0 Å². The minimum Gasteiger partial charge on any atom is -0.364 e. The van der Waals surface area contributed by atoms with E-state index in [1.807, 2.05) is 24.3 Å². The van der Waals surface area contributed by atoms with Gasteiger partial charge in [-0.15, -0.1) is 5.06 Å². The minimum atomic E-state index is -0.257. The first-order valence-corrected chi connectivity index (χ1v) is 6.76. The first kappa shape index (κ1) is 14.0. The largest absolute Gasteiger partial charge is 0.364 e. The standard InChI is InChI=1S/C15H22N2O2/c1-15(2,3)13-7-5-4-6-12(13)14(18)19-17-10-8-16-9-11-17/h4-7,16H,8-11H2,1-3H3. The van der Waals surface area contributed by atoms with Crippen LogP contribution < -0.4 is 5.32 Å². The van der Waals surface area contributed by atoms with Crippen molar-refractivity contribution in [1.82, 2.24) is 10.4 Å². The van der Waals surface area contributed by atoms with Crippen molar-refractivity contribution >= 4 is 5.97 Å². The second kappa shape index (κ2) is 5.72. The van der Waals surface area contributed by atoms with Gasteiger partial charge in [0, 0.05) is 26.2 Å². The average Bonchev–Trinajstić information content (AvgIpc) is 2.39. The molecule has 0 aliphatic carbocycles. The Morgan fingerprint density at radius 2 is 1.84 bits per heavy atom. The lowest BCUT2D eigenvalue weighted by molar-refractivity contribution is -0.115. The van der Waals surface area contributed by atoms with Crippen molar-refractivity contribution in [1.29, 1.82) is 0 Å². The quantitative estimate of drug-likeness (QED) is 0.884. The number of carbonyl (C=O) groups excluding carboxylic acids is 1. The molecule has 1 aromatic carbocycles. The maximum atomic E-state index is 12.3. The summed E-state index contributed by atoms with van der Waals surface area (Å²) in [6.07, 6.45) is 0. The number of rotatable bonds is 2. The summed E-state index contributed by atoms with van der Waals surface area (Å²) in [5, 5.41) is 4.96. The topological polar surface area (TPSA) is 41.6 Å². The van der Waals surface area contributed by atoms with E-state index in [1.54, 1.807) is 5.06 Å². The zero-order valence-corrected chi connectivity index (χ0v) is 11.9. The first-order valence-electron chi connectivity index (χ1n) is 6.76. The van der Waals surface area contributed by atoms with Crippen LogP contribution in [0.2, 0.25) is 0 Å². The van der Waals surface area contributed by atoms with Crippen molar-refractivity contribution in [2.45, 2.75) is 26.2 Å². The molecule has 1 heterocycles. The van der Waals surface area contributed by atoms with Crippen LogP contribution in [0.15, 0.2) is 24.3 Å². The predicted octanol–water partition coefficient (Wildman–Crippen LogP) is 1.96. The third-order valence-corrected chi connectivity index (χ3v) is 3.24. The van der Waals surface area contributed by atoms with Gasteiger partial charge in [-0.3, -0.25) is 0 Å². The van der Waals surface area contributed by atoms with Crippen LogP contribution in [0.25, 0.3) is 0 Å². The molecule has 1 aliphatic rings. The Hall–Kier alpha value is -1.39. The fourth-order valence-corrected chi connectivity index (χ4v) is 2.22. The highest BCUT2D eigenvalue weighted by Crippen LogP contribution is 2.26. The van der Waals surface area contributed by atoms with Gasteiger partial charge in [-0.05, 0) is 17.0 Å². The van der Waals surface area contributed by atoms with Gasteiger partial charge in [0.2, 0.25) is 0 Å². The van der Waals surface area contributed by atoms with E-state index in [-0.39, 0.29) is 11.4 Å². The van der Waals surface area contributed by atoms with Gasteiger partial charge in [0.05, 0.1) is 5.56 Å². The summed E-state index contributed by atoms with van der Waals surface area (Å²) in [5.74, 6) is -0.257. The molecule has 1 aliphatic heterocycles. The molecular weight excluding hydrogens is 240 g/mol. The summed E-state index contributed by atoms with van der Waals surface area (Å²) in [5.41, 5.74) is 1.61. The number of nitrogens with one attached hydrogen (secondary N) is 1. The van der Waals surface area contributed by atoms with Crippen molar-refractivity contribution in [3.63, 3.8) is 0 Å². The van der Waals surface area contributed by atoms with Crippen molar-refractivity contribution in [3.8, 4) is 0 Å². The van der Waals surface area contributed by atoms with Crippen LogP contribution in [-0.4, -0.2) is 37.2 Å². The molecule has 4 nitrogen and oxygen atoms in total. The van der Waals surface area contributed by atoms with E-state index in [9.17, 15) is 4.79 Å². The summed E-state index contributed by atoms with van der Waals surface area (Å²) >= 11 is 0. The van der Waals surface area contributed by atoms with Gasteiger partial charge >= 0.3 is 5.97 Å². The molecule has 0 amide bonds. The summed E-state index contributed by atoms with van der Waals surface area (Å²) in [6, 6.07) is 7.67. The van der Waals surface area contributed by atoms with Crippen LogP contribution in [0, 0.1) is 0 Å². The molecule has 4 heteroatoms. The van der Waals surface area contributed by atoms with Crippen LogP contribution in [0.5, 0.6) is 0 Å². The summed E-state index contributed by atoms with van der Waals surface area (Å²) in [7, 11) is 0. The Bertz CT molecular complexity index is 446. The lowest BCUT2D eigenvalue weighted by Crippen LogP contribution is -2.44. The Morgan fingerprint density at radius 3 is 2.47 bits per heavy atom. The van der Waals surface area contributed by atoms with E-state index in [1.165, 1.54) is 0 Å². The SMILES string of the molecule is CC(C)(C)c1ccccc1C(=O)ON1CCNCC1. The van der Waals surface area contributed by atoms with Gasteiger partial charge < -0.3 is 10.2 Å². The molecule has 2 rings (SSSR count). The molecule has 104 valence electrons. The number of hydrogen-bond acceptors (Lipinski definition) is 4. The number of benzene rings is 1. The minimum absolute atomic E-state index is 0.0704. The predicted molar refractivity (Wildman–Crippen MR) is 75.0 cm³/mol. The fourth-order valence-electron chi connectivity index (χ4n) is 2.22. The monoisotopic (exact) mass is 262 g/mol. The Kier molecular flexibility index (Phi) is 4.22. The molecule has 0 saturated carbocycles. The normalized spacial score (nSPS) is 17.2. The molecule has 0 radical (unpaired) electrons. The van der Waals surface area contributed by atoms with Crippen LogP contribution >= 0.6 is 0 Å². The number of carbonyl (C=O) groups is 1. The third-order valence-electron chi connectivity index (χ3n) is 3.24. The van der Waals surface area contributed by atoms with Gasteiger partial charge in [-0.2, -0.15) is 0 Å². The first-order chi connectivity index (χ1) is 8.98. The van der Waals surface area contributed by atoms with Gasteiger partial charge in [-0.25, -0.2) is 4.79 Å². The van der Waals surface area contributed by atoms with E-state index in [0.29, 0.717) is 5.56 Å². The van der Waals surface area contributed by atoms with E-state index in [0.717, 1.165) is 31.7 Å².